The summed E-state index contributed by atoms with van der Waals surface area (Å²) in [6.45, 7) is 4.47. The van der Waals surface area contributed by atoms with Gasteiger partial charge in [-0.05, 0) is 24.5 Å². The number of aromatic carboxylic acids is 2. The smallest absolute Gasteiger partial charge is 0.469 e. The van der Waals surface area contributed by atoms with E-state index in [1.54, 1.807) is 0 Å². The van der Waals surface area contributed by atoms with Crippen molar-refractivity contribution < 1.29 is 38.7 Å². The van der Waals surface area contributed by atoms with Gasteiger partial charge in [-0.1, -0.05) is 45.2 Å². The van der Waals surface area contributed by atoms with E-state index in [0.717, 1.165) is 25.7 Å². The molecule has 9 heteroatoms. The number of unbranched alkanes of at least 4 members (excludes halogenated alkanes) is 2. The average molecular weight is 376 g/mol. The lowest BCUT2D eigenvalue weighted by atomic mass is 10.1. The van der Waals surface area contributed by atoms with Crippen LogP contribution in [0.1, 0.15) is 60.2 Å². The predicted molar refractivity (Wildman–Crippen MR) is 91.7 cm³/mol. The Morgan fingerprint density at radius 1 is 1.00 bits per heavy atom. The van der Waals surface area contributed by atoms with Gasteiger partial charge in [0.1, 0.15) is 0 Å². The molecule has 0 amide bonds. The third-order valence-corrected chi connectivity index (χ3v) is 3.59. The fourth-order valence-electron chi connectivity index (χ4n) is 1.87. The molecule has 0 radical (unpaired) electrons. The molecular formula is C16H25O8P. The Labute approximate surface area is 146 Å². The molecule has 8 nitrogen and oxygen atoms in total. The van der Waals surface area contributed by atoms with E-state index in [0.29, 0.717) is 5.92 Å². The highest BCUT2D eigenvalue weighted by atomic mass is 31.2. The van der Waals surface area contributed by atoms with Gasteiger partial charge in [-0.25, -0.2) is 14.2 Å². The summed E-state index contributed by atoms with van der Waals surface area (Å²) < 4.78 is 14.5. The van der Waals surface area contributed by atoms with Crippen LogP contribution in [-0.2, 0) is 9.09 Å². The fourth-order valence-corrected chi connectivity index (χ4v) is 2.24. The van der Waals surface area contributed by atoms with Crippen LogP contribution in [0.2, 0.25) is 0 Å². The van der Waals surface area contributed by atoms with E-state index in [1.807, 2.05) is 0 Å². The second kappa shape index (κ2) is 11.8. The molecule has 0 saturated carbocycles. The van der Waals surface area contributed by atoms with Crippen LogP contribution in [0.15, 0.2) is 24.3 Å². The van der Waals surface area contributed by atoms with E-state index in [1.165, 1.54) is 24.3 Å². The third-order valence-electron chi connectivity index (χ3n) is 3.07. The van der Waals surface area contributed by atoms with Gasteiger partial charge in [-0.2, -0.15) is 0 Å². The van der Waals surface area contributed by atoms with Crippen LogP contribution in [0.5, 0.6) is 0 Å². The van der Waals surface area contributed by atoms with Crippen molar-refractivity contribution in [3.63, 3.8) is 0 Å². The molecule has 0 aliphatic heterocycles. The molecule has 0 aliphatic carbocycles. The number of benzene rings is 1. The van der Waals surface area contributed by atoms with Gasteiger partial charge in [0.25, 0.3) is 0 Å². The lowest BCUT2D eigenvalue weighted by Gasteiger charge is -2.05. The number of hydrogen-bond acceptors (Lipinski definition) is 4. The van der Waals surface area contributed by atoms with Crippen LogP contribution in [0.25, 0.3) is 0 Å². The summed E-state index contributed by atoms with van der Waals surface area (Å²) in [5.41, 5.74) is -0.380. The Kier molecular flexibility index (Phi) is 10.9. The maximum absolute atomic E-state index is 10.5. The van der Waals surface area contributed by atoms with Crippen LogP contribution in [0.3, 0.4) is 0 Å². The number of phosphoric ester groups is 1. The Bertz CT molecular complexity index is 561. The first-order valence-corrected chi connectivity index (χ1v) is 9.33. The first-order chi connectivity index (χ1) is 11.5. The molecule has 0 spiro atoms. The second-order valence-corrected chi connectivity index (χ2v) is 6.96. The van der Waals surface area contributed by atoms with Gasteiger partial charge in [0.2, 0.25) is 0 Å². The highest BCUT2D eigenvalue weighted by Crippen LogP contribution is 2.35. The molecule has 0 fully saturated rings. The van der Waals surface area contributed by atoms with Crippen molar-refractivity contribution >= 4 is 19.8 Å². The molecule has 25 heavy (non-hydrogen) atoms. The maximum atomic E-state index is 10.5. The van der Waals surface area contributed by atoms with Crippen molar-refractivity contribution in [1.82, 2.24) is 0 Å². The highest BCUT2D eigenvalue weighted by molar-refractivity contribution is 7.46. The summed E-state index contributed by atoms with van der Waals surface area (Å²) in [5.74, 6) is -1.76. The number of phosphoric acid groups is 1. The summed E-state index contributed by atoms with van der Waals surface area (Å²) in [6, 6.07) is 5.48. The van der Waals surface area contributed by atoms with Crippen LogP contribution in [0.4, 0.5) is 0 Å². The number of carboxylic acids is 2. The second-order valence-electron chi connectivity index (χ2n) is 5.72. The van der Waals surface area contributed by atoms with Gasteiger partial charge < -0.3 is 20.0 Å². The van der Waals surface area contributed by atoms with Crippen molar-refractivity contribution in [2.45, 2.75) is 39.5 Å². The molecule has 142 valence electrons. The number of hydrogen-bond donors (Lipinski definition) is 4. The SMILES string of the molecule is CC(C)CCCCCOP(=O)(O)O.O=C(O)c1ccccc1C(=O)O. The van der Waals surface area contributed by atoms with Crippen molar-refractivity contribution in [2.75, 3.05) is 6.61 Å². The minimum absolute atomic E-state index is 0.155. The zero-order valence-electron chi connectivity index (χ0n) is 14.3. The summed E-state index contributed by atoms with van der Waals surface area (Å²) in [6.07, 6.45) is 3.95. The van der Waals surface area contributed by atoms with E-state index in [-0.39, 0.29) is 17.7 Å². The zero-order valence-corrected chi connectivity index (χ0v) is 15.2. The average Bonchev–Trinajstić information content (AvgIpc) is 2.50. The molecule has 0 atom stereocenters. The largest absolute Gasteiger partial charge is 0.478 e. The Balaban J connectivity index is 0.000000462. The van der Waals surface area contributed by atoms with Crippen molar-refractivity contribution in [1.29, 1.82) is 0 Å². The Morgan fingerprint density at radius 2 is 1.48 bits per heavy atom. The van der Waals surface area contributed by atoms with Crippen LogP contribution >= 0.6 is 7.82 Å². The number of rotatable bonds is 9. The van der Waals surface area contributed by atoms with Gasteiger partial charge in [-0.3, -0.25) is 4.52 Å². The fraction of sp³-hybridized carbons (Fsp3) is 0.500. The Morgan fingerprint density at radius 3 is 1.84 bits per heavy atom. The first kappa shape index (κ1) is 23.3. The lowest BCUT2D eigenvalue weighted by molar-refractivity contribution is 0.0651. The van der Waals surface area contributed by atoms with Gasteiger partial charge in [0.15, 0.2) is 0 Å². The van der Waals surface area contributed by atoms with Crippen molar-refractivity contribution in [2.24, 2.45) is 5.92 Å². The molecule has 0 heterocycles. The molecule has 0 aliphatic rings. The normalized spacial score (nSPS) is 10.9. The Hall–Kier alpha value is -1.73. The van der Waals surface area contributed by atoms with E-state index < -0.39 is 19.8 Å². The molecule has 1 aromatic rings. The van der Waals surface area contributed by atoms with Crippen molar-refractivity contribution in [3.05, 3.63) is 35.4 Å². The molecule has 0 aromatic heterocycles. The highest BCUT2D eigenvalue weighted by Gasteiger charge is 2.13. The summed E-state index contributed by atoms with van der Waals surface area (Å²) in [7, 11) is -4.23. The third kappa shape index (κ3) is 12.3. The molecule has 0 saturated heterocycles. The minimum Gasteiger partial charge on any atom is -0.478 e. The van der Waals surface area contributed by atoms with Gasteiger partial charge in [-0.15, -0.1) is 0 Å². The van der Waals surface area contributed by atoms with Gasteiger partial charge in [0, 0.05) is 0 Å². The molecule has 0 unspecified atom stereocenters. The molecule has 1 aromatic carbocycles. The predicted octanol–water partition coefficient (Wildman–Crippen LogP) is 3.40. The lowest BCUT2D eigenvalue weighted by Crippen LogP contribution is -2.06. The maximum Gasteiger partial charge on any atom is 0.469 e. The zero-order chi connectivity index (χ0) is 19.5. The van der Waals surface area contributed by atoms with Crippen LogP contribution < -0.4 is 0 Å². The number of carbonyl (C=O) groups is 2. The van der Waals surface area contributed by atoms with Gasteiger partial charge >= 0.3 is 19.8 Å². The first-order valence-electron chi connectivity index (χ1n) is 7.80. The molecule has 1 rings (SSSR count). The van der Waals surface area contributed by atoms with Crippen molar-refractivity contribution in [3.8, 4) is 0 Å². The monoisotopic (exact) mass is 376 g/mol. The summed E-state index contributed by atoms with van der Waals surface area (Å²) in [5, 5.41) is 17.1. The molecule has 0 bridgehead atoms. The summed E-state index contributed by atoms with van der Waals surface area (Å²) >= 11 is 0. The van der Waals surface area contributed by atoms with Crippen LogP contribution in [-0.4, -0.2) is 38.5 Å². The van der Waals surface area contributed by atoms with Crippen LogP contribution in [0, 0.1) is 5.92 Å². The quantitative estimate of drug-likeness (QED) is 0.379. The molecular weight excluding hydrogens is 351 g/mol. The van der Waals surface area contributed by atoms with E-state index in [9.17, 15) is 14.2 Å². The van der Waals surface area contributed by atoms with E-state index in [2.05, 4.69) is 18.4 Å². The minimum atomic E-state index is -4.23. The molecule has 4 N–H and O–H groups in total. The summed E-state index contributed by atoms with van der Waals surface area (Å²) in [4.78, 5) is 37.6. The standard InChI is InChI=1S/C8H19O4P.C8H6O4/c1-8(2)6-4-3-5-7-12-13(9,10)11;9-7(10)5-3-1-2-4-6(5)8(11)12/h8H,3-7H2,1-2H3,(H2,9,10,11);1-4H,(H,9,10)(H,11,12). The van der Waals surface area contributed by atoms with Gasteiger partial charge in [0.05, 0.1) is 17.7 Å². The number of carboxylic acid groups (broad SMARTS) is 2. The van der Waals surface area contributed by atoms with E-state index in [4.69, 9.17) is 20.0 Å². The topological polar surface area (TPSA) is 141 Å². The van der Waals surface area contributed by atoms with E-state index >= 15 is 0 Å².